The monoisotopic (exact) mass is 435 g/mol. The Labute approximate surface area is 184 Å². The normalized spacial score (nSPS) is 16.8. The lowest BCUT2D eigenvalue weighted by Crippen LogP contribution is -2.46. The van der Waals surface area contributed by atoms with Crippen molar-refractivity contribution in [2.75, 3.05) is 42.7 Å². The van der Waals surface area contributed by atoms with Crippen LogP contribution in [0.3, 0.4) is 0 Å². The molecule has 0 saturated carbocycles. The van der Waals surface area contributed by atoms with Crippen LogP contribution in [-0.4, -0.2) is 42.6 Å². The van der Waals surface area contributed by atoms with Crippen molar-refractivity contribution < 1.29 is 8.87 Å². The maximum absolute atomic E-state index is 14.4. The standard InChI is InChI=1S/C24H23F2N5O/c25-20-12-16(14-27)4-6-22(20)30-10-8-29(9-11-30)15-17-3-5-18-21(13-17)28-24(32)19-2-1-7-31(26)23(18)19/h3-6,12-13H,1-2,7-11,15H2,(H,28,32). The third-order valence-corrected chi connectivity index (χ3v) is 6.37. The van der Waals surface area contributed by atoms with E-state index in [2.05, 4.69) is 9.88 Å². The molecule has 2 aromatic carbocycles. The second kappa shape index (κ2) is 8.24. The molecule has 32 heavy (non-hydrogen) atoms. The molecule has 3 aromatic rings. The number of pyridine rings is 1. The van der Waals surface area contributed by atoms with Crippen molar-refractivity contribution in [1.29, 1.82) is 5.26 Å². The fourth-order valence-corrected chi connectivity index (χ4v) is 4.72. The van der Waals surface area contributed by atoms with Crippen LogP contribution >= 0.6 is 0 Å². The van der Waals surface area contributed by atoms with Crippen molar-refractivity contribution in [2.24, 2.45) is 0 Å². The van der Waals surface area contributed by atoms with Crippen molar-refractivity contribution >= 4 is 22.3 Å². The molecule has 5 rings (SSSR count). The number of nitriles is 1. The third-order valence-electron chi connectivity index (χ3n) is 6.37. The highest BCUT2D eigenvalue weighted by Crippen LogP contribution is 2.32. The van der Waals surface area contributed by atoms with Crippen LogP contribution in [0.1, 0.15) is 23.1 Å². The van der Waals surface area contributed by atoms with E-state index in [4.69, 9.17) is 5.26 Å². The van der Waals surface area contributed by atoms with Gasteiger partial charge in [-0.1, -0.05) is 16.6 Å². The molecule has 1 aromatic heterocycles. The molecule has 0 radical (unpaired) electrons. The fourth-order valence-electron chi connectivity index (χ4n) is 4.72. The average molecular weight is 435 g/mol. The number of piperazine rings is 1. The quantitative estimate of drug-likeness (QED) is 0.638. The maximum atomic E-state index is 14.4. The Balaban J connectivity index is 1.31. The lowest BCUT2D eigenvalue weighted by molar-refractivity contribution is 0.249. The number of halogens is 2. The van der Waals surface area contributed by atoms with Crippen LogP contribution in [0.4, 0.5) is 20.2 Å². The SMILES string of the molecule is N#Cc1ccc(N2CCN(Cc3ccc4c5c(c(=O)[nH]c4c3)CCCN5F)CC2)c(F)c1. The summed E-state index contributed by atoms with van der Waals surface area (Å²) in [4.78, 5) is 19.6. The first-order chi connectivity index (χ1) is 15.5. The summed E-state index contributed by atoms with van der Waals surface area (Å²) in [6.45, 7) is 3.87. The van der Waals surface area contributed by atoms with Gasteiger partial charge in [0.2, 0.25) is 0 Å². The molecule has 3 heterocycles. The zero-order chi connectivity index (χ0) is 22.2. The van der Waals surface area contributed by atoms with E-state index in [9.17, 15) is 13.7 Å². The van der Waals surface area contributed by atoms with E-state index >= 15 is 0 Å². The number of hydrogen-bond acceptors (Lipinski definition) is 5. The Hall–Kier alpha value is -3.44. The molecule has 0 aliphatic carbocycles. The molecule has 0 spiro atoms. The number of nitrogens with one attached hydrogen (secondary N) is 1. The Morgan fingerprint density at radius 3 is 2.62 bits per heavy atom. The Morgan fingerprint density at radius 2 is 1.88 bits per heavy atom. The van der Waals surface area contributed by atoms with Crippen LogP contribution < -0.4 is 15.6 Å². The first-order valence-corrected chi connectivity index (χ1v) is 10.8. The van der Waals surface area contributed by atoms with E-state index in [1.807, 2.05) is 29.2 Å². The van der Waals surface area contributed by atoms with E-state index in [0.717, 1.165) is 24.0 Å². The van der Waals surface area contributed by atoms with E-state index in [1.165, 1.54) is 6.07 Å². The minimum Gasteiger partial charge on any atom is -0.367 e. The van der Waals surface area contributed by atoms with Crippen molar-refractivity contribution in [3.63, 3.8) is 0 Å². The lowest BCUT2D eigenvalue weighted by atomic mass is 10.0. The van der Waals surface area contributed by atoms with Gasteiger partial charge in [0.05, 0.1) is 35.1 Å². The van der Waals surface area contributed by atoms with Crippen molar-refractivity contribution in [3.8, 4) is 6.07 Å². The van der Waals surface area contributed by atoms with E-state index < -0.39 is 0 Å². The molecule has 2 aliphatic rings. The molecule has 0 amide bonds. The summed E-state index contributed by atoms with van der Waals surface area (Å²) in [6, 6.07) is 12.3. The van der Waals surface area contributed by atoms with Crippen molar-refractivity contribution in [3.05, 3.63) is 69.3 Å². The first kappa shape index (κ1) is 20.5. The van der Waals surface area contributed by atoms with E-state index in [-0.39, 0.29) is 11.4 Å². The molecular formula is C24H23F2N5O. The van der Waals surface area contributed by atoms with Crippen LogP contribution in [0, 0.1) is 17.1 Å². The summed E-state index contributed by atoms with van der Waals surface area (Å²) < 4.78 is 28.8. The molecule has 1 N–H and O–H groups in total. The summed E-state index contributed by atoms with van der Waals surface area (Å²) in [5, 5.41) is 10.3. The molecule has 164 valence electrons. The number of nitrogens with zero attached hydrogens (tertiary/aromatic N) is 4. The number of benzene rings is 2. The zero-order valence-electron chi connectivity index (χ0n) is 17.6. The Bertz CT molecular complexity index is 1270. The van der Waals surface area contributed by atoms with Gasteiger partial charge in [0.25, 0.3) is 5.56 Å². The van der Waals surface area contributed by atoms with Gasteiger partial charge in [-0.2, -0.15) is 5.26 Å². The van der Waals surface area contributed by atoms with Crippen LogP contribution in [0.25, 0.3) is 10.9 Å². The average Bonchev–Trinajstić information content (AvgIpc) is 2.80. The number of H-pyrrole nitrogens is 1. The van der Waals surface area contributed by atoms with Crippen LogP contribution in [-0.2, 0) is 13.0 Å². The molecule has 0 atom stereocenters. The van der Waals surface area contributed by atoms with Crippen LogP contribution in [0.15, 0.2) is 41.2 Å². The number of anilines is 2. The maximum Gasteiger partial charge on any atom is 0.253 e. The number of rotatable bonds is 3. The Morgan fingerprint density at radius 1 is 1.06 bits per heavy atom. The molecule has 1 fully saturated rings. The van der Waals surface area contributed by atoms with Crippen LogP contribution in [0.2, 0.25) is 0 Å². The second-order valence-corrected chi connectivity index (χ2v) is 8.39. The van der Waals surface area contributed by atoms with Gasteiger partial charge < -0.3 is 9.88 Å². The summed E-state index contributed by atoms with van der Waals surface area (Å²) in [5.41, 5.74) is 3.22. The van der Waals surface area contributed by atoms with Gasteiger partial charge in [0.15, 0.2) is 0 Å². The molecule has 6 nitrogen and oxygen atoms in total. The predicted molar refractivity (Wildman–Crippen MR) is 120 cm³/mol. The van der Waals surface area contributed by atoms with Gasteiger partial charge in [-0.15, -0.1) is 0 Å². The minimum atomic E-state index is -0.374. The number of aromatic nitrogens is 1. The van der Waals surface area contributed by atoms with Crippen molar-refractivity contribution in [1.82, 2.24) is 9.88 Å². The van der Waals surface area contributed by atoms with Crippen molar-refractivity contribution in [2.45, 2.75) is 19.4 Å². The molecule has 8 heteroatoms. The van der Waals surface area contributed by atoms with Gasteiger partial charge in [-0.05, 0) is 42.7 Å². The predicted octanol–water partition coefficient (Wildman–Crippen LogP) is 3.50. The molecule has 0 bridgehead atoms. The highest BCUT2D eigenvalue weighted by atomic mass is 19.2. The number of hydrogen-bond donors (Lipinski definition) is 1. The minimum absolute atomic E-state index is 0.218. The fraction of sp³-hybridized carbons (Fsp3) is 0.333. The molecule has 1 saturated heterocycles. The molecular weight excluding hydrogens is 412 g/mol. The topological polar surface area (TPSA) is 66.4 Å². The first-order valence-electron chi connectivity index (χ1n) is 10.8. The van der Waals surface area contributed by atoms with Gasteiger partial charge in [0.1, 0.15) is 5.82 Å². The second-order valence-electron chi connectivity index (χ2n) is 8.39. The summed E-state index contributed by atoms with van der Waals surface area (Å²) in [7, 11) is 0. The molecule has 0 unspecified atom stereocenters. The van der Waals surface area contributed by atoms with Gasteiger partial charge >= 0.3 is 0 Å². The van der Waals surface area contributed by atoms with E-state index in [1.54, 1.807) is 12.1 Å². The zero-order valence-corrected chi connectivity index (χ0v) is 17.6. The Kier molecular flexibility index (Phi) is 5.27. The number of aromatic amines is 1. The van der Waals surface area contributed by atoms with Gasteiger partial charge in [-0.25, -0.2) is 9.51 Å². The largest absolute Gasteiger partial charge is 0.367 e. The van der Waals surface area contributed by atoms with Gasteiger partial charge in [0, 0.05) is 43.7 Å². The lowest BCUT2D eigenvalue weighted by Gasteiger charge is -2.36. The smallest absolute Gasteiger partial charge is 0.253 e. The number of fused-ring (bicyclic) bond motifs is 3. The summed E-state index contributed by atoms with van der Waals surface area (Å²) in [6.07, 6.45) is 1.22. The highest BCUT2D eigenvalue weighted by molar-refractivity contribution is 5.93. The van der Waals surface area contributed by atoms with Crippen LogP contribution in [0.5, 0.6) is 0 Å². The summed E-state index contributed by atoms with van der Waals surface area (Å²) in [5.74, 6) is -0.374. The summed E-state index contributed by atoms with van der Waals surface area (Å²) >= 11 is 0. The van der Waals surface area contributed by atoms with E-state index in [0.29, 0.717) is 72.2 Å². The third kappa shape index (κ3) is 3.69. The van der Waals surface area contributed by atoms with Gasteiger partial charge in [-0.3, -0.25) is 9.69 Å². The highest BCUT2D eigenvalue weighted by Gasteiger charge is 2.24. The molecule has 2 aliphatic heterocycles.